The number of aromatic nitrogens is 2. The first-order valence-corrected chi connectivity index (χ1v) is 7.50. The van der Waals surface area contributed by atoms with Gasteiger partial charge in [-0.15, -0.1) is 0 Å². The molecule has 9 heteroatoms. The van der Waals surface area contributed by atoms with Crippen LogP contribution in [-0.2, 0) is 6.54 Å². The molecule has 0 unspecified atom stereocenters. The Labute approximate surface area is 138 Å². The molecule has 2 aromatic rings. The molecule has 0 radical (unpaired) electrons. The zero-order valence-corrected chi connectivity index (χ0v) is 13.1. The van der Waals surface area contributed by atoms with E-state index in [2.05, 4.69) is 10.3 Å². The second-order valence-corrected chi connectivity index (χ2v) is 5.46. The number of nitrogens with one attached hydrogen (secondary N) is 1. The molecule has 0 saturated heterocycles. The Morgan fingerprint density at radius 1 is 1.29 bits per heavy atom. The van der Waals surface area contributed by atoms with Crippen molar-refractivity contribution in [2.24, 2.45) is 0 Å². The summed E-state index contributed by atoms with van der Waals surface area (Å²) < 4.78 is 6.98. The number of rotatable bonds is 2. The summed E-state index contributed by atoms with van der Waals surface area (Å²) in [6.07, 6.45) is 1.32. The molecule has 3 rings (SSSR count). The molecule has 1 aromatic carbocycles. The molecule has 0 aliphatic carbocycles. The SMILES string of the molecule is Cc1ccc(NC(=O)N2CCOc3nc([N+](=O)[O-])cn3CC2)cc1. The van der Waals surface area contributed by atoms with Gasteiger partial charge in [0.2, 0.25) is 0 Å². The van der Waals surface area contributed by atoms with Gasteiger partial charge >= 0.3 is 17.9 Å². The number of hydrogen-bond donors (Lipinski definition) is 1. The van der Waals surface area contributed by atoms with E-state index in [4.69, 9.17) is 4.74 Å². The van der Waals surface area contributed by atoms with E-state index in [9.17, 15) is 14.9 Å². The molecular formula is C15H17N5O4. The molecule has 0 atom stereocenters. The van der Waals surface area contributed by atoms with E-state index >= 15 is 0 Å². The predicted molar refractivity (Wildman–Crippen MR) is 86.1 cm³/mol. The number of amides is 2. The Balaban J connectivity index is 1.66. The van der Waals surface area contributed by atoms with Crippen LogP contribution in [0.15, 0.2) is 30.5 Å². The Morgan fingerprint density at radius 2 is 2.04 bits per heavy atom. The van der Waals surface area contributed by atoms with Gasteiger partial charge in [0.15, 0.2) is 0 Å². The molecule has 0 bridgehead atoms. The summed E-state index contributed by atoms with van der Waals surface area (Å²) in [5, 5.41) is 13.6. The number of anilines is 1. The van der Waals surface area contributed by atoms with Gasteiger partial charge in [-0.25, -0.2) is 4.79 Å². The minimum atomic E-state index is -0.566. The van der Waals surface area contributed by atoms with Crippen molar-refractivity contribution in [1.29, 1.82) is 0 Å². The average molecular weight is 331 g/mol. The van der Waals surface area contributed by atoms with Crippen molar-refractivity contribution in [3.63, 3.8) is 0 Å². The van der Waals surface area contributed by atoms with Crippen molar-refractivity contribution in [1.82, 2.24) is 14.5 Å². The lowest BCUT2D eigenvalue weighted by Gasteiger charge is -2.25. The van der Waals surface area contributed by atoms with Crippen LogP contribution in [0.4, 0.5) is 16.3 Å². The number of nitro groups is 1. The lowest BCUT2D eigenvalue weighted by Crippen LogP contribution is -2.41. The van der Waals surface area contributed by atoms with Crippen LogP contribution < -0.4 is 10.1 Å². The van der Waals surface area contributed by atoms with Crippen molar-refractivity contribution in [3.05, 3.63) is 46.1 Å². The van der Waals surface area contributed by atoms with E-state index in [1.165, 1.54) is 6.20 Å². The highest BCUT2D eigenvalue weighted by molar-refractivity contribution is 5.89. The number of carbonyl (C=O) groups excluding carboxylic acids is 1. The largest absolute Gasteiger partial charge is 0.444 e. The summed E-state index contributed by atoms with van der Waals surface area (Å²) in [7, 11) is 0. The van der Waals surface area contributed by atoms with Crippen LogP contribution in [0.3, 0.4) is 0 Å². The van der Waals surface area contributed by atoms with Crippen molar-refractivity contribution in [2.75, 3.05) is 25.0 Å². The van der Waals surface area contributed by atoms with Crippen LogP contribution in [-0.4, -0.2) is 45.1 Å². The Bertz CT molecular complexity index is 756. The number of urea groups is 1. The van der Waals surface area contributed by atoms with Crippen LogP contribution >= 0.6 is 0 Å². The van der Waals surface area contributed by atoms with E-state index in [0.29, 0.717) is 25.3 Å². The van der Waals surface area contributed by atoms with E-state index in [0.717, 1.165) is 5.56 Å². The summed E-state index contributed by atoms with van der Waals surface area (Å²) in [5.74, 6) is -0.262. The Hall–Kier alpha value is -3.10. The fourth-order valence-corrected chi connectivity index (χ4v) is 2.38. The highest BCUT2D eigenvalue weighted by Gasteiger charge is 2.24. The average Bonchev–Trinajstić information content (AvgIpc) is 2.92. The van der Waals surface area contributed by atoms with Gasteiger partial charge in [0.05, 0.1) is 6.54 Å². The third kappa shape index (κ3) is 3.45. The van der Waals surface area contributed by atoms with Gasteiger partial charge in [0.25, 0.3) is 0 Å². The summed E-state index contributed by atoms with van der Waals surface area (Å²) >= 11 is 0. The van der Waals surface area contributed by atoms with Gasteiger partial charge < -0.3 is 25.1 Å². The molecule has 9 nitrogen and oxygen atoms in total. The molecule has 1 aromatic heterocycles. The molecule has 0 fully saturated rings. The molecule has 1 N–H and O–H groups in total. The van der Waals surface area contributed by atoms with E-state index < -0.39 is 4.92 Å². The van der Waals surface area contributed by atoms with Crippen LogP contribution in [0.1, 0.15) is 5.56 Å². The number of carbonyl (C=O) groups is 1. The molecule has 1 aliphatic heterocycles. The van der Waals surface area contributed by atoms with Crippen molar-refractivity contribution in [2.45, 2.75) is 13.5 Å². The van der Waals surface area contributed by atoms with Gasteiger partial charge in [-0.3, -0.25) is 4.57 Å². The molecule has 0 spiro atoms. The topological polar surface area (TPSA) is 103 Å². The third-order valence-corrected chi connectivity index (χ3v) is 3.71. The van der Waals surface area contributed by atoms with E-state index in [-0.39, 0.29) is 24.5 Å². The third-order valence-electron chi connectivity index (χ3n) is 3.71. The minimum Gasteiger partial charge on any atom is -0.444 e. The normalized spacial score (nSPS) is 14.1. The number of nitrogens with zero attached hydrogens (tertiary/aromatic N) is 4. The highest BCUT2D eigenvalue weighted by Crippen LogP contribution is 2.19. The number of imidazole rings is 1. The minimum absolute atomic E-state index is 0.209. The van der Waals surface area contributed by atoms with E-state index in [1.807, 2.05) is 31.2 Å². The lowest BCUT2D eigenvalue weighted by molar-refractivity contribution is -0.389. The Kier molecular flexibility index (Phi) is 4.32. The monoisotopic (exact) mass is 331 g/mol. The number of fused-ring (bicyclic) bond motifs is 1. The highest BCUT2D eigenvalue weighted by atomic mass is 16.6. The van der Waals surface area contributed by atoms with Gasteiger partial charge in [0.1, 0.15) is 12.8 Å². The fourth-order valence-electron chi connectivity index (χ4n) is 2.38. The van der Waals surface area contributed by atoms with Crippen molar-refractivity contribution in [3.8, 4) is 6.01 Å². The van der Waals surface area contributed by atoms with Gasteiger partial charge in [-0.1, -0.05) is 17.7 Å². The quantitative estimate of drug-likeness (QED) is 0.670. The number of hydrogen-bond acceptors (Lipinski definition) is 5. The molecule has 126 valence electrons. The smallest absolute Gasteiger partial charge is 0.414 e. The van der Waals surface area contributed by atoms with Crippen molar-refractivity contribution < 1.29 is 14.5 Å². The molecule has 24 heavy (non-hydrogen) atoms. The summed E-state index contributed by atoms with van der Waals surface area (Å²) in [6.45, 7) is 3.34. The maximum absolute atomic E-state index is 12.4. The lowest BCUT2D eigenvalue weighted by atomic mass is 10.2. The molecule has 0 saturated carbocycles. The maximum Gasteiger partial charge on any atom is 0.414 e. The maximum atomic E-state index is 12.4. The number of ether oxygens (including phenoxy) is 1. The first kappa shape index (κ1) is 15.8. The van der Waals surface area contributed by atoms with Crippen LogP contribution in [0.5, 0.6) is 6.01 Å². The Morgan fingerprint density at radius 3 is 2.75 bits per heavy atom. The number of benzene rings is 1. The first-order chi connectivity index (χ1) is 11.5. The number of aryl methyl sites for hydroxylation is 1. The van der Waals surface area contributed by atoms with E-state index in [1.54, 1.807) is 9.47 Å². The molecule has 2 amide bonds. The summed E-state index contributed by atoms with van der Waals surface area (Å²) in [4.78, 5) is 28.0. The summed E-state index contributed by atoms with van der Waals surface area (Å²) in [5.41, 5.74) is 1.83. The second kappa shape index (κ2) is 6.57. The first-order valence-electron chi connectivity index (χ1n) is 7.50. The fraction of sp³-hybridized carbons (Fsp3) is 0.333. The van der Waals surface area contributed by atoms with Gasteiger partial charge in [-0.05, 0) is 24.0 Å². The zero-order chi connectivity index (χ0) is 17.1. The van der Waals surface area contributed by atoms with Gasteiger partial charge in [0, 0.05) is 23.8 Å². The second-order valence-electron chi connectivity index (χ2n) is 5.46. The molecular weight excluding hydrogens is 314 g/mol. The molecule has 1 aliphatic rings. The van der Waals surface area contributed by atoms with Gasteiger partial charge in [-0.2, -0.15) is 0 Å². The predicted octanol–water partition coefficient (Wildman–Crippen LogP) is 2.03. The van der Waals surface area contributed by atoms with Crippen molar-refractivity contribution >= 4 is 17.5 Å². The molecule has 2 heterocycles. The standard InChI is InChI=1S/C15H17N5O4/c1-11-2-4-12(5-3-11)16-14(21)18-6-7-19-10-13(20(22)23)17-15(19)24-9-8-18/h2-5,10H,6-9H2,1H3,(H,16,21). The zero-order valence-electron chi connectivity index (χ0n) is 13.1. The van der Waals surface area contributed by atoms with Crippen LogP contribution in [0.2, 0.25) is 0 Å². The summed E-state index contributed by atoms with van der Waals surface area (Å²) in [6, 6.07) is 7.49. The van der Waals surface area contributed by atoms with Crippen LogP contribution in [0, 0.1) is 17.0 Å². The van der Waals surface area contributed by atoms with Crippen LogP contribution in [0.25, 0.3) is 0 Å².